The maximum absolute atomic E-state index is 11.5. The van der Waals surface area contributed by atoms with Gasteiger partial charge >= 0.3 is 5.97 Å². The predicted octanol–water partition coefficient (Wildman–Crippen LogP) is 0.843. The fourth-order valence-electron chi connectivity index (χ4n) is 0.952. The number of carbonyl (C=O) groups excluding carboxylic acids is 1. The van der Waals surface area contributed by atoms with E-state index in [-0.39, 0.29) is 12.5 Å². The second kappa shape index (κ2) is 5.24. The van der Waals surface area contributed by atoms with Crippen LogP contribution in [0.3, 0.4) is 0 Å². The lowest BCUT2D eigenvalue weighted by atomic mass is 10.1. The van der Waals surface area contributed by atoms with Crippen LogP contribution in [0.1, 0.15) is 19.5 Å². The fraction of sp³-hybridized carbons (Fsp3) is 0.500. The lowest BCUT2D eigenvalue weighted by molar-refractivity contribution is -0.143. The van der Waals surface area contributed by atoms with Crippen molar-refractivity contribution in [3.05, 3.63) is 11.1 Å². The number of amides is 1. The summed E-state index contributed by atoms with van der Waals surface area (Å²) in [5.74, 6) is -1.32. The van der Waals surface area contributed by atoms with Crippen molar-refractivity contribution < 1.29 is 14.7 Å². The molecule has 0 saturated carbocycles. The summed E-state index contributed by atoms with van der Waals surface area (Å²) in [6.07, 6.45) is 0. The molecule has 17 heavy (non-hydrogen) atoms. The van der Waals surface area contributed by atoms with E-state index in [4.69, 9.17) is 5.11 Å². The Labute approximate surface area is 103 Å². The van der Waals surface area contributed by atoms with Crippen molar-refractivity contribution >= 4 is 28.3 Å². The van der Waals surface area contributed by atoms with Gasteiger partial charge in [0, 0.05) is 5.38 Å². The van der Waals surface area contributed by atoms with Crippen molar-refractivity contribution in [2.24, 2.45) is 0 Å². The monoisotopic (exact) mass is 257 g/mol. The van der Waals surface area contributed by atoms with Gasteiger partial charge in [0.15, 0.2) is 5.13 Å². The molecule has 1 rings (SSSR count). The van der Waals surface area contributed by atoms with Crippen LogP contribution in [-0.4, -0.2) is 34.1 Å². The van der Waals surface area contributed by atoms with Crippen LogP contribution >= 0.6 is 11.3 Å². The zero-order valence-electron chi connectivity index (χ0n) is 9.90. The van der Waals surface area contributed by atoms with Crippen molar-refractivity contribution in [2.75, 3.05) is 11.9 Å². The molecule has 6 nitrogen and oxygen atoms in total. The van der Waals surface area contributed by atoms with Gasteiger partial charge in [-0.3, -0.25) is 14.9 Å². The SMILES string of the molecule is Cc1csc(NC(=O)CNC(C)(C)C(=O)O)n1. The number of aryl methyl sites for hydroxylation is 1. The van der Waals surface area contributed by atoms with Crippen LogP contribution in [0, 0.1) is 6.92 Å². The normalized spacial score (nSPS) is 11.2. The second-order valence-corrected chi connectivity index (χ2v) is 4.98. The summed E-state index contributed by atoms with van der Waals surface area (Å²) in [5.41, 5.74) is -0.292. The first-order valence-corrected chi connectivity index (χ1v) is 5.89. The molecule has 1 aromatic rings. The first-order chi connectivity index (χ1) is 7.81. The summed E-state index contributed by atoms with van der Waals surface area (Å²) in [6, 6.07) is 0. The topological polar surface area (TPSA) is 91.3 Å². The lowest BCUT2D eigenvalue weighted by Crippen LogP contribution is -2.49. The number of nitrogens with one attached hydrogen (secondary N) is 2. The number of carboxylic acid groups (broad SMARTS) is 1. The number of aromatic nitrogens is 1. The highest BCUT2D eigenvalue weighted by Crippen LogP contribution is 2.13. The molecule has 0 aliphatic heterocycles. The van der Waals surface area contributed by atoms with E-state index in [9.17, 15) is 9.59 Å². The number of carboxylic acids is 1. The fourth-order valence-corrected chi connectivity index (χ4v) is 1.66. The molecule has 0 saturated heterocycles. The van der Waals surface area contributed by atoms with E-state index < -0.39 is 11.5 Å². The zero-order valence-corrected chi connectivity index (χ0v) is 10.7. The Kier molecular flexibility index (Phi) is 4.19. The average Bonchev–Trinajstić information content (AvgIpc) is 2.61. The maximum Gasteiger partial charge on any atom is 0.323 e. The Bertz CT molecular complexity index is 428. The summed E-state index contributed by atoms with van der Waals surface area (Å²) < 4.78 is 0. The van der Waals surface area contributed by atoms with Crippen LogP contribution in [0.25, 0.3) is 0 Å². The smallest absolute Gasteiger partial charge is 0.323 e. The van der Waals surface area contributed by atoms with Gasteiger partial charge in [-0.15, -0.1) is 11.3 Å². The van der Waals surface area contributed by atoms with E-state index in [1.54, 1.807) is 0 Å². The highest BCUT2D eigenvalue weighted by Gasteiger charge is 2.26. The third-order valence-electron chi connectivity index (χ3n) is 2.09. The van der Waals surface area contributed by atoms with Crippen LogP contribution < -0.4 is 10.6 Å². The van der Waals surface area contributed by atoms with E-state index in [0.717, 1.165) is 5.69 Å². The second-order valence-electron chi connectivity index (χ2n) is 4.13. The quantitative estimate of drug-likeness (QED) is 0.727. The molecule has 0 bridgehead atoms. The molecule has 94 valence electrons. The Morgan fingerprint density at radius 3 is 2.65 bits per heavy atom. The Morgan fingerprint density at radius 1 is 1.53 bits per heavy atom. The Hall–Kier alpha value is -1.47. The van der Waals surface area contributed by atoms with Crippen molar-refractivity contribution in [2.45, 2.75) is 26.3 Å². The minimum Gasteiger partial charge on any atom is -0.480 e. The molecule has 0 unspecified atom stereocenters. The van der Waals surface area contributed by atoms with E-state index in [0.29, 0.717) is 5.13 Å². The molecule has 1 amide bonds. The van der Waals surface area contributed by atoms with Gasteiger partial charge in [-0.1, -0.05) is 0 Å². The summed E-state index contributed by atoms with van der Waals surface area (Å²) >= 11 is 1.33. The summed E-state index contributed by atoms with van der Waals surface area (Å²) in [4.78, 5) is 26.4. The number of rotatable bonds is 5. The van der Waals surface area contributed by atoms with Gasteiger partial charge in [0.1, 0.15) is 5.54 Å². The third kappa shape index (κ3) is 4.12. The molecule has 0 fully saturated rings. The number of hydrogen-bond acceptors (Lipinski definition) is 5. The van der Waals surface area contributed by atoms with Crippen molar-refractivity contribution in [3.63, 3.8) is 0 Å². The van der Waals surface area contributed by atoms with Gasteiger partial charge in [0.25, 0.3) is 0 Å². The molecule has 0 aromatic carbocycles. The van der Waals surface area contributed by atoms with Gasteiger partial charge in [-0.2, -0.15) is 0 Å². The van der Waals surface area contributed by atoms with Gasteiger partial charge < -0.3 is 10.4 Å². The predicted molar refractivity (Wildman–Crippen MR) is 65.2 cm³/mol. The van der Waals surface area contributed by atoms with Gasteiger partial charge in [-0.05, 0) is 20.8 Å². The molecular formula is C10H15N3O3S. The minimum atomic E-state index is -1.13. The van der Waals surface area contributed by atoms with Crippen molar-refractivity contribution in [1.82, 2.24) is 10.3 Å². The first kappa shape index (κ1) is 13.6. The Morgan fingerprint density at radius 2 is 2.18 bits per heavy atom. The summed E-state index contributed by atoms with van der Waals surface area (Å²) in [7, 11) is 0. The highest BCUT2D eigenvalue weighted by atomic mass is 32.1. The Balaban J connectivity index is 2.43. The number of nitrogens with zero attached hydrogens (tertiary/aromatic N) is 1. The summed E-state index contributed by atoms with van der Waals surface area (Å²) in [5, 5.41) is 16.4. The number of hydrogen-bond donors (Lipinski definition) is 3. The van der Waals surface area contributed by atoms with Gasteiger partial charge in [0.2, 0.25) is 5.91 Å². The third-order valence-corrected chi connectivity index (χ3v) is 2.97. The number of aliphatic carboxylic acids is 1. The molecule has 0 aliphatic rings. The van der Waals surface area contributed by atoms with Crippen LogP contribution in [0.4, 0.5) is 5.13 Å². The van der Waals surface area contributed by atoms with E-state index >= 15 is 0 Å². The van der Waals surface area contributed by atoms with Gasteiger partial charge in [-0.25, -0.2) is 4.98 Å². The average molecular weight is 257 g/mol. The first-order valence-electron chi connectivity index (χ1n) is 5.01. The van der Waals surface area contributed by atoms with E-state index in [1.165, 1.54) is 25.2 Å². The van der Waals surface area contributed by atoms with Gasteiger partial charge in [0.05, 0.1) is 12.2 Å². The summed E-state index contributed by atoms with van der Waals surface area (Å²) in [6.45, 7) is 4.75. The van der Waals surface area contributed by atoms with Crippen LogP contribution in [0.2, 0.25) is 0 Å². The zero-order chi connectivity index (χ0) is 13.1. The van der Waals surface area contributed by atoms with Crippen LogP contribution in [-0.2, 0) is 9.59 Å². The van der Waals surface area contributed by atoms with Crippen LogP contribution in [0.15, 0.2) is 5.38 Å². The number of anilines is 1. The molecule has 0 spiro atoms. The molecule has 7 heteroatoms. The standard InChI is InChI=1S/C10H15N3O3S/c1-6-5-17-9(12-6)13-7(14)4-11-10(2,3)8(15)16/h5,11H,4H2,1-3H3,(H,15,16)(H,12,13,14). The van der Waals surface area contributed by atoms with Crippen LogP contribution in [0.5, 0.6) is 0 Å². The minimum absolute atomic E-state index is 0.0715. The van der Waals surface area contributed by atoms with E-state index in [2.05, 4.69) is 15.6 Å². The molecular weight excluding hydrogens is 242 g/mol. The lowest BCUT2D eigenvalue weighted by Gasteiger charge is -2.20. The maximum atomic E-state index is 11.5. The number of carbonyl (C=O) groups is 2. The molecule has 1 heterocycles. The number of thiazole rings is 1. The molecule has 1 aromatic heterocycles. The molecule has 0 radical (unpaired) electrons. The highest BCUT2D eigenvalue weighted by molar-refractivity contribution is 7.13. The molecule has 3 N–H and O–H groups in total. The van der Waals surface area contributed by atoms with Crippen molar-refractivity contribution in [3.8, 4) is 0 Å². The van der Waals surface area contributed by atoms with Crippen molar-refractivity contribution in [1.29, 1.82) is 0 Å². The molecule has 0 atom stereocenters. The molecule has 0 aliphatic carbocycles. The van der Waals surface area contributed by atoms with E-state index in [1.807, 2.05) is 12.3 Å². The largest absolute Gasteiger partial charge is 0.480 e.